The molecule has 2 atom stereocenters. The first-order valence-electron chi connectivity index (χ1n) is 6.88. The Labute approximate surface area is 143 Å². The molecule has 0 aliphatic carbocycles. The van der Waals surface area contributed by atoms with Crippen LogP contribution in [-0.2, 0) is 9.53 Å². The van der Waals surface area contributed by atoms with Crippen molar-refractivity contribution in [2.75, 3.05) is 0 Å². The molecule has 5 nitrogen and oxygen atoms in total. The second-order valence-electron chi connectivity index (χ2n) is 4.92. The fraction of sp³-hybridized carbons (Fsp3) is 0.250. The van der Waals surface area contributed by atoms with Crippen LogP contribution >= 0.6 is 23.2 Å². The Bertz CT molecular complexity index is 700. The molecule has 7 heteroatoms. The summed E-state index contributed by atoms with van der Waals surface area (Å²) in [5, 5.41) is 3.69. The van der Waals surface area contributed by atoms with Gasteiger partial charge in [0.25, 0.3) is 5.91 Å². The maximum atomic E-state index is 12.1. The molecule has 122 valence electrons. The summed E-state index contributed by atoms with van der Waals surface area (Å²) in [6.45, 7) is 3.25. The Morgan fingerprint density at radius 3 is 2.57 bits per heavy atom. The number of nitrogens with one attached hydrogen (secondary N) is 1. The number of hydrogen-bond donors (Lipinski definition) is 1. The van der Waals surface area contributed by atoms with Gasteiger partial charge in [-0.25, -0.2) is 4.79 Å². The van der Waals surface area contributed by atoms with E-state index >= 15 is 0 Å². The quantitative estimate of drug-likeness (QED) is 0.822. The summed E-state index contributed by atoms with van der Waals surface area (Å²) in [5.74, 6) is -1.10. The largest absolute Gasteiger partial charge is 0.457 e. The van der Waals surface area contributed by atoms with E-state index in [2.05, 4.69) is 5.32 Å². The molecule has 0 aliphatic rings. The molecule has 1 aromatic heterocycles. The summed E-state index contributed by atoms with van der Waals surface area (Å²) >= 11 is 12.0. The zero-order chi connectivity index (χ0) is 17.0. The van der Waals surface area contributed by atoms with Crippen LogP contribution in [0.25, 0.3) is 0 Å². The van der Waals surface area contributed by atoms with Gasteiger partial charge < -0.3 is 14.5 Å². The number of amides is 1. The number of hydrogen-bond acceptors (Lipinski definition) is 4. The van der Waals surface area contributed by atoms with Crippen LogP contribution in [0.15, 0.2) is 41.0 Å². The van der Waals surface area contributed by atoms with Crippen molar-refractivity contribution in [3.8, 4) is 0 Å². The number of halogens is 2. The molecule has 0 radical (unpaired) electrons. The van der Waals surface area contributed by atoms with E-state index in [0.717, 1.165) is 0 Å². The van der Waals surface area contributed by atoms with E-state index in [4.69, 9.17) is 32.4 Å². The van der Waals surface area contributed by atoms with Gasteiger partial charge >= 0.3 is 5.97 Å². The maximum Gasteiger partial charge on any atom is 0.374 e. The standard InChI is InChI=1S/C16H15Cl2NO4/c1-9(12-6-5-11(17)8-13(12)18)19-15(20)10(2)23-16(21)14-4-3-7-22-14/h3-10H,1-2H3,(H,19,20). The van der Waals surface area contributed by atoms with Crippen LogP contribution in [0.3, 0.4) is 0 Å². The average Bonchev–Trinajstić information content (AvgIpc) is 3.01. The minimum absolute atomic E-state index is 0.0402. The van der Waals surface area contributed by atoms with Gasteiger partial charge in [-0.1, -0.05) is 29.3 Å². The van der Waals surface area contributed by atoms with Crippen LogP contribution in [0.1, 0.15) is 36.0 Å². The van der Waals surface area contributed by atoms with E-state index in [9.17, 15) is 9.59 Å². The van der Waals surface area contributed by atoms with Crippen molar-refractivity contribution < 1.29 is 18.7 Å². The summed E-state index contributed by atoms with van der Waals surface area (Å²) in [5.41, 5.74) is 0.717. The van der Waals surface area contributed by atoms with E-state index < -0.39 is 18.0 Å². The topological polar surface area (TPSA) is 68.5 Å². The molecule has 2 aromatic rings. The minimum atomic E-state index is -0.971. The number of rotatable bonds is 5. The van der Waals surface area contributed by atoms with Crippen LogP contribution < -0.4 is 5.32 Å². The zero-order valence-electron chi connectivity index (χ0n) is 12.5. The third kappa shape index (κ3) is 4.50. The third-order valence-corrected chi connectivity index (χ3v) is 3.73. The SMILES string of the molecule is CC(OC(=O)c1ccco1)C(=O)NC(C)c1ccc(Cl)cc1Cl. The first-order valence-corrected chi connectivity index (χ1v) is 7.64. The number of esters is 1. The third-order valence-electron chi connectivity index (χ3n) is 3.16. The van der Waals surface area contributed by atoms with Crippen LogP contribution in [0, 0.1) is 0 Å². The van der Waals surface area contributed by atoms with Gasteiger partial charge in [0.2, 0.25) is 5.76 Å². The first kappa shape index (κ1) is 17.4. The number of carbonyl (C=O) groups is 2. The van der Waals surface area contributed by atoms with Crippen LogP contribution in [0.4, 0.5) is 0 Å². The fourth-order valence-electron chi connectivity index (χ4n) is 1.93. The lowest BCUT2D eigenvalue weighted by Crippen LogP contribution is -2.37. The number of ether oxygens (including phenoxy) is 1. The van der Waals surface area contributed by atoms with Crippen molar-refractivity contribution in [3.05, 3.63) is 58.0 Å². The summed E-state index contributed by atoms with van der Waals surface area (Å²) < 4.78 is 9.96. The molecule has 23 heavy (non-hydrogen) atoms. The molecule has 1 aromatic carbocycles. The van der Waals surface area contributed by atoms with Crippen molar-refractivity contribution in [2.45, 2.75) is 26.0 Å². The molecule has 0 spiro atoms. The van der Waals surface area contributed by atoms with Crippen molar-refractivity contribution in [1.29, 1.82) is 0 Å². The second kappa shape index (κ2) is 7.53. The predicted molar refractivity (Wildman–Crippen MR) is 86.6 cm³/mol. The highest BCUT2D eigenvalue weighted by atomic mass is 35.5. The molecule has 1 heterocycles. The van der Waals surface area contributed by atoms with Gasteiger partial charge in [-0.2, -0.15) is 0 Å². The Balaban J connectivity index is 1.96. The minimum Gasteiger partial charge on any atom is -0.457 e. The van der Waals surface area contributed by atoms with E-state index in [1.807, 2.05) is 0 Å². The Morgan fingerprint density at radius 1 is 1.22 bits per heavy atom. The molecule has 0 saturated heterocycles. The predicted octanol–water partition coefficient (Wildman–Crippen LogP) is 4.01. The van der Waals surface area contributed by atoms with Crippen molar-refractivity contribution in [3.63, 3.8) is 0 Å². The molecule has 0 fully saturated rings. The summed E-state index contributed by atoms with van der Waals surface area (Å²) in [4.78, 5) is 23.9. The molecule has 0 aliphatic heterocycles. The van der Waals surface area contributed by atoms with Gasteiger partial charge in [-0.05, 0) is 43.7 Å². The average molecular weight is 356 g/mol. The smallest absolute Gasteiger partial charge is 0.374 e. The van der Waals surface area contributed by atoms with Crippen LogP contribution in [0.2, 0.25) is 10.0 Å². The molecule has 1 amide bonds. The molecule has 0 saturated carbocycles. The monoisotopic (exact) mass is 355 g/mol. The lowest BCUT2D eigenvalue weighted by Gasteiger charge is -2.19. The summed E-state index contributed by atoms with van der Waals surface area (Å²) in [7, 11) is 0. The lowest BCUT2D eigenvalue weighted by atomic mass is 10.1. The molecule has 2 rings (SSSR count). The fourth-order valence-corrected chi connectivity index (χ4v) is 2.50. The van der Waals surface area contributed by atoms with E-state index in [1.54, 1.807) is 31.2 Å². The maximum absolute atomic E-state index is 12.1. The highest BCUT2D eigenvalue weighted by Gasteiger charge is 2.22. The van der Waals surface area contributed by atoms with Crippen LogP contribution in [-0.4, -0.2) is 18.0 Å². The zero-order valence-corrected chi connectivity index (χ0v) is 14.0. The highest BCUT2D eigenvalue weighted by Crippen LogP contribution is 2.26. The molecule has 0 bridgehead atoms. The summed E-state index contributed by atoms with van der Waals surface area (Å²) in [6, 6.07) is 7.68. The van der Waals surface area contributed by atoms with Gasteiger partial charge in [0.05, 0.1) is 12.3 Å². The first-order chi connectivity index (χ1) is 10.9. The highest BCUT2D eigenvalue weighted by molar-refractivity contribution is 6.35. The number of carbonyl (C=O) groups excluding carboxylic acids is 2. The van der Waals surface area contributed by atoms with Crippen LogP contribution in [0.5, 0.6) is 0 Å². The lowest BCUT2D eigenvalue weighted by molar-refractivity contribution is -0.129. The Kier molecular flexibility index (Phi) is 5.69. The second-order valence-corrected chi connectivity index (χ2v) is 5.76. The Morgan fingerprint density at radius 2 is 1.96 bits per heavy atom. The molecular formula is C16H15Cl2NO4. The van der Waals surface area contributed by atoms with E-state index in [1.165, 1.54) is 19.3 Å². The van der Waals surface area contributed by atoms with Gasteiger partial charge in [-0.15, -0.1) is 0 Å². The van der Waals surface area contributed by atoms with E-state index in [-0.39, 0.29) is 11.8 Å². The van der Waals surface area contributed by atoms with Crippen molar-refractivity contribution in [1.82, 2.24) is 5.32 Å². The van der Waals surface area contributed by atoms with Gasteiger partial charge in [0, 0.05) is 10.0 Å². The van der Waals surface area contributed by atoms with Gasteiger partial charge in [0.1, 0.15) is 0 Å². The summed E-state index contributed by atoms with van der Waals surface area (Å²) in [6.07, 6.45) is 0.382. The normalized spacial score (nSPS) is 13.2. The number of furan rings is 1. The van der Waals surface area contributed by atoms with E-state index in [0.29, 0.717) is 15.6 Å². The molecule has 1 N–H and O–H groups in total. The molecular weight excluding hydrogens is 341 g/mol. The van der Waals surface area contributed by atoms with Gasteiger partial charge in [-0.3, -0.25) is 4.79 Å². The molecule has 2 unspecified atom stereocenters. The van der Waals surface area contributed by atoms with Crippen molar-refractivity contribution in [2.24, 2.45) is 0 Å². The number of benzene rings is 1. The van der Waals surface area contributed by atoms with Crippen molar-refractivity contribution >= 4 is 35.1 Å². The van der Waals surface area contributed by atoms with Gasteiger partial charge in [0.15, 0.2) is 6.10 Å². The Hall–Kier alpha value is -1.98.